The first-order chi connectivity index (χ1) is 16.0. The van der Waals surface area contributed by atoms with Gasteiger partial charge in [0.2, 0.25) is 5.91 Å². The van der Waals surface area contributed by atoms with Crippen molar-refractivity contribution >= 4 is 40.9 Å². The van der Waals surface area contributed by atoms with Crippen molar-refractivity contribution in [1.82, 2.24) is 19.7 Å². The standard InChI is InChI=1S/C24H26ClN5O2S/c1-3-29-22(20-11-6-12-30(20)23(32)17-8-4-7-16(2)13-17)27-28-24(29)33-15-21(31)26-19-10-5-9-18(25)14-19/h4-5,7-10,13-14,20H,3,6,11-12,15H2,1-2H3,(H,26,31). The fourth-order valence-corrected chi connectivity index (χ4v) is 5.07. The molecule has 1 aliphatic heterocycles. The fourth-order valence-electron chi connectivity index (χ4n) is 4.07. The first kappa shape index (κ1) is 23.3. The summed E-state index contributed by atoms with van der Waals surface area (Å²) in [5.41, 5.74) is 2.40. The molecular weight excluding hydrogens is 458 g/mol. The molecule has 7 nitrogen and oxygen atoms in total. The number of benzene rings is 2. The third-order valence-corrected chi connectivity index (χ3v) is 6.78. The Balaban J connectivity index is 1.46. The molecule has 2 heterocycles. The molecule has 1 unspecified atom stereocenters. The van der Waals surface area contributed by atoms with Gasteiger partial charge in [0.05, 0.1) is 11.8 Å². The van der Waals surface area contributed by atoms with Crippen molar-refractivity contribution < 1.29 is 9.59 Å². The number of carbonyl (C=O) groups excluding carboxylic acids is 2. The Morgan fingerprint density at radius 1 is 1.18 bits per heavy atom. The number of amides is 2. The highest BCUT2D eigenvalue weighted by Gasteiger charge is 2.34. The Morgan fingerprint density at radius 2 is 2.00 bits per heavy atom. The molecule has 0 saturated carbocycles. The normalized spacial score (nSPS) is 15.6. The number of thioether (sulfide) groups is 1. The maximum absolute atomic E-state index is 13.2. The molecule has 172 valence electrons. The number of halogens is 1. The topological polar surface area (TPSA) is 80.1 Å². The van der Waals surface area contributed by atoms with Crippen molar-refractivity contribution in [1.29, 1.82) is 0 Å². The molecule has 1 fully saturated rings. The average Bonchev–Trinajstić information content (AvgIpc) is 3.43. The molecule has 3 aromatic rings. The molecule has 1 aliphatic rings. The number of likely N-dealkylation sites (tertiary alicyclic amines) is 1. The lowest BCUT2D eigenvalue weighted by Gasteiger charge is -2.24. The minimum absolute atomic E-state index is 0.0157. The molecule has 1 atom stereocenters. The highest BCUT2D eigenvalue weighted by Crippen LogP contribution is 2.34. The third kappa shape index (κ3) is 5.39. The van der Waals surface area contributed by atoms with Gasteiger partial charge in [-0.1, -0.05) is 47.1 Å². The van der Waals surface area contributed by atoms with E-state index in [1.807, 2.05) is 47.6 Å². The Kier molecular flexibility index (Phi) is 7.35. The number of nitrogens with zero attached hydrogens (tertiary/aromatic N) is 4. The molecule has 2 amide bonds. The van der Waals surface area contributed by atoms with Crippen LogP contribution in [0.2, 0.25) is 5.02 Å². The number of nitrogens with one attached hydrogen (secondary N) is 1. The number of anilines is 1. The zero-order chi connectivity index (χ0) is 23.4. The highest BCUT2D eigenvalue weighted by molar-refractivity contribution is 7.99. The largest absolute Gasteiger partial charge is 0.328 e. The lowest BCUT2D eigenvalue weighted by Crippen LogP contribution is -2.32. The van der Waals surface area contributed by atoms with Crippen LogP contribution in [0.15, 0.2) is 53.7 Å². The summed E-state index contributed by atoms with van der Waals surface area (Å²) in [7, 11) is 0. The van der Waals surface area contributed by atoms with E-state index in [4.69, 9.17) is 11.6 Å². The maximum Gasteiger partial charge on any atom is 0.254 e. The van der Waals surface area contributed by atoms with Crippen LogP contribution in [-0.4, -0.2) is 43.8 Å². The first-order valence-electron chi connectivity index (χ1n) is 10.9. The second-order valence-electron chi connectivity index (χ2n) is 7.96. The van der Waals surface area contributed by atoms with Crippen LogP contribution < -0.4 is 5.32 Å². The van der Waals surface area contributed by atoms with Gasteiger partial charge in [-0.15, -0.1) is 10.2 Å². The van der Waals surface area contributed by atoms with E-state index in [1.165, 1.54) is 11.8 Å². The maximum atomic E-state index is 13.2. The van der Waals surface area contributed by atoms with Crippen LogP contribution in [0, 0.1) is 6.92 Å². The van der Waals surface area contributed by atoms with Gasteiger partial charge in [-0.2, -0.15) is 0 Å². The molecule has 0 spiro atoms. The van der Waals surface area contributed by atoms with E-state index in [1.54, 1.807) is 24.3 Å². The van der Waals surface area contributed by atoms with Crippen LogP contribution in [-0.2, 0) is 11.3 Å². The highest BCUT2D eigenvalue weighted by atomic mass is 35.5. The van der Waals surface area contributed by atoms with Crippen LogP contribution in [0.4, 0.5) is 5.69 Å². The van der Waals surface area contributed by atoms with Gasteiger partial charge in [-0.25, -0.2) is 0 Å². The molecule has 0 aliphatic carbocycles. The first-order valence-corrected chi connectivity index (χ1v) is 12.3. The van der Waals surface area contributed by atoms with Gasteiger partial charge < -0.3 is 14.8 Å². The van der Waals surface area contributed by atoms with E-state index in [2.05, 4.69) is 15.5 Å². The summed E-state index contributed by atoms with van der Waals surface area (Å²) in [6.45, 7) is 5.35. The monoisotopic (exact) mass is 483 g/mol. The van der Waals surface area contributed by atoms with Crippen molar-refractivity contribution in [3.8, 4) is 0 Å². The second kappa shape index (κ2) is 10.4. The number of aromatic nitrogens is 3. The van der Waals surface area contributed by atoms with Gasteiger partial charge in [0.25, 0.3) is 5.91 Å². The molecule has 9 heteroatoms. The molecule has 1 saturated heterocycles. The number of hydrogen-bond acceptors (Lipinski definition) is 5. The van der Waals surface area contributed by atoms with E-state index in [9.17, 15) is 9.59 Å². The van der Waals surface area contributed by atoms with Gasteiger partial charge in [0.1, 0.15) is 0 Å². The van der Waals surface area contributed by atoms with Crippen molar-refractivity contribution in [2.45, 2.75) is 44.4 Å². The Morgan fingerprint density at radius 3 is 2.76 bits per heavy atom. The van der Waals surface area contributed by atoms with Crippen LogP contribution in [0.3, 0.4) is 0 Å². The Hall–Kier alpha value is -2.84. The van der Waals surface area contributed by atoms with E-state index in [0.717, 1.165) is 24.2 Å². The van der Waals surface area contributed by atoms with Gasteiger partial charge in [0, 0.05) is 29.4 Å². The lowest BCUT2D eigenvalue weighted by molar-refractivity contribution is -0.113. The van der Waals surface area contributed by atoms with Crippen molar-refractivity contribution in [3.05, 3.63) is 70.5 Å². The van der Waals surface area contributed by atoms with Gasteiger partial charge >= 0.3 is 0 Å². The van der Waals surface area contributed by atoms with Crippen molar-refractivity contribution in [2.75, 3.05) is 17.6 Å². The summed E-state index contributed by atoms with van der Waals surface area (Å²) in [5, 5.41) is 12.9. The minimum atomic E-state index is -0.147. The van der Waals surface area contributed by atoms with Gasteiger partial charge in [-0.3, -0.25) is 9.59 Å². The third-order valence-electron chi connectivity index (χ3n) is 5.58. The number of rotatable bonds is 7. The molecule has 0 bridgehead atoms. The summed E-state index contributed by atoms with van der Waals surface area (Å²) in [5.74, 6) is 0.837. The smallest absolute Gasteiger partial charge is 0.254 e. The predicted molar refractivity (Wildman–Crippen MR) is 131 cm³/mol. The number of carbonyl (C=O) groups is 2. The number of hydrogen-bond donors (Lipinski definition) is 1. The zero-order valence-electron chi connectivity index (χ0n) is 18.6. The summed E-state index contributed by atoms with van der Waals surface area (Å²) >= 11 is 7.31. The molecule has 2 aromatic carbocycles. The van der Waals surface area contributed by atoms with Crippen LogP contribution in [0.1, 0.15) is 47.6 Å². The van der Waals surface area contributed by atoms with Crippen molar-refractivity contribution in [3.63, 3.8) is 0 Å². The average molecular weight is 484 g/mol. The Labute approximate surface area is 202 Å². The Bertz CT molecular complexity index is 1170. The van der Waals surface area contributed by atoms with E-state index >= 15 is 0 Å². The van der Waals surface area contributed by atoms with E-state index in [0.29, 0.717) is 34.5 Å². The van der Waals surface area contributed by atoms with Crippen LogP contribution >= 0.6 is 23.4 Å². The fraction of sp³-hybridized carbons (Fsp3) is 0.333. The summed E-state index contributed by atoms with van der Waals surface area (Å²) in [4.78, 5) is 27.5. The molecular formula is C24H26ClN5O2S. The molecule has 4 rings (SSSR count). The van der Waals surface area contributed by atoms with Crippen molar-refractivity contribution in [2.24, 2.45) is 0 Å². The van der Waals surface area contributed by atoms with Crippen LogP contribution in [0.25, 0.3) is 0 Å². The van der Waals surface area contributed by atoms with Gasteiger partial charge in [-0.05, 0) is 57.0 Å². The molecule has 1 aromatic heterocycles. The molecule has 0 radical (unpaired) electrons. The second-order valence-corrected chi connectivity index (χ2v) is 9.34. The van der Waals surface area contributed by atoms with E-state index in [-0.39, 0.29) is 23.6 Å². The predicted octanol–water partition coefficient (Wildman–Crippen LogP) is 4.97. The minimum Gasteiger partial charge on any atom is -0.328 e. The van der Waals surface area contributed by atoms with E-state index < -0.39 is 0 Å². The quantitative estimate of drug-likeness (QED) is 0.480. The lowest BCUT2D eigenvalue weighted by atomic mass is 10.1. The zero-order valence-corrected chi connectivity index (χ0v) is 20.2. The summed E-state index contributed by atoms with van der Waals surface area (Å²) < 4.78 is 2.00. The van der Waals surface area contributed by atoms with Crippen LogP contribution in [0.5, 0.6) is 0 Å². The summed E-state index contributed by atoms with van der Waals surface area (Å²) in [6, 6.07) is 14.6. The number of aryl methyl sites for hydroxylation is 1. The molecule has 33 heavy (non-hydrogen) atoms. The van der Waals surface area contributed by atoms with Gasteiger partial charge in [0.15, 0.2) is 11.0 Å². The molecule has 1 N–H and O–H groups in total. The SMILES string of the molecule is CCn1c(SCC(=O)Nc2cccc(Cl)c2)nnc1C1CCCN1C(=O)c1cccc(C)c1. The summed E-state index contributed by atoms with van der Waals surface area (Å²) in [6.07, 6.45) is 1.76.